The Morgan fingerprint density at radius 1 is 1.67 bits per heavy atom. The van der Waals surface area contributed by atoms with Gasteiger partial charge in [0.2, 0.25) is 0 Å². The number of aromatic nitrogens is 1. The van der Waals surface area contributed by atoms with Crippen LogP contribution in [-0.4, -0.2) is 18.1 Å². The molecule has 0 unspecified atom stereocenters. The molecule has 0 atom stereocenters. The molecule has 0 fully saturated rings. The summed E-state index contributed by atoms with van der Waals surface area (Å²) >= 11 is 1.77. The zero-order valence-electron chi connectivity index (χ0n) is 7.34. The van der Waals surface area contributed by atoms with Crippen LogP contribution < -0.4 is 11.1 Å². The third-order valence-corrected chi connectivity index (χ3v) is 2.67. The van der Waals surface area contributed by atoms with E-state index in [0.717, 1.165) is 19.5 Å². The lowest BCUT2D eigenvalue weighted by Gasteiger charge is -1.97. The van der Waals surface area contributed by atoms with Crippen molar-refractivity contribution in [2.75, 3.05) is 13.1 Å². The standard InChI is InChI=1S/C8H15N3S/c1-2-8-11-6-7(12-8)5-10-4-3-9/h6,10H,2-5,9H2,1H3. The minimum atomic E-state index is 0.694. The summed E-state index contributed by atoms with van der Waals surface area (Å²) in [5, 5.41) is 4.44. The van der Waals surface area contributed by atoms with Crippen LogP contribution in [0.25, 0.3) is 0 Å². The van der Waals surface area contributed by atoms with Crippen LogP contribution in [0, 0.1) is 0 Å². The van der Waals surface area contributed by atoms with Crippen molar-refractivity contribution < 1.29 is 0 Å². The molecule has 1 aromatic rings. The summed E-state index contributed by atoms with van der Waals surface area (Å²) in [7, 11) is 0. The first-order valence-electron chi connectivity index (χ1n) is 4.21. The van der Waals surface area contributed by atoms with Crippen LogP contribution in [0.3, 0.4) is 0 Å². The summed E-state index contributed by atoms with van der Waals surface area (Å²) in [6.07, 6.45) is 2.97. The van der Waals surface area contributed by atoms with E-state index in [1.807, 2.05) is 6.20 Å². The Morgan fingerprint density at radius 2 is 2.50 bits per heavy atom. The molecule has 1 rings (SSSR count). The lowest BCUT2D eigenvalue weighted by atomic mass is 10.5. The molecule has 0 aliphatic carbocycles. The minimum Gasteiger partial charge on any atom is -0.329 e. The van der Waals surface area contributed by atoms with E-state index in [2.05, 4.69) is 17.2 Å². The van der Waals surface area contributed by atoms with Crippen LogP contribution in [0.5, 0.6) is 0 Å². The van der Waals surface area contributed by atoms with Crippen molar-refractivity contribution in [2.45, 2.75) is 19.9 Å². The molecular weight excluding hydrogens is 170 g/mol. The number of aryl methyl sites for hydroxylation is 1. The Balaban J connectivity index is 2.31. The van der Waals surface area contributed by atoms with Gasteiger partial charge in [-0.1, -0.05) is 6.92 Å². The van der Waals surface area contributed by atoms with Crippen molar-refractivity contribution in [3.05, 3.63) is 16.1 Å². The van der Waals surface area contributed by atoms with Crippen LogP contribution in [0.1, 0.15) is 16.8 Å². The molecule has 0 bridgehead atoms. The number of nitrogens with two attached hydrogens (primary N) is 1. The van der Waals surface area contributed by atoms with E-state index in [-0.39, 0.29) is 0 Å². The molecule has 0 aromatic carbocycles. The maximum absolute atomic E-state index is 5.35. The minimum absolute atomic E-state index is 0.694. The Labute approximate surface area is 77.0 Å². The molecule has 0 amide bonds. The van der Waals surface area contributed by atoms with Crippen LogP contribution in [0.4, 0.5) is 0 Å². The summed E-state index contributed by atoms with van der Waals surface area (Å²) in [5.41, 5.74) is 5.35. The van der Waals surface area contributed by atoms with Gasteiger partial charge >= 0.3 is 0 Å². The summed E-state index contributed by atoms with van der Waals surface area (Å²) in [5.74, 6) is 0. The third-order valence-electron chi connectivity index (χ3n) is 1.52. The summed E-state index contributed by atoms with van der Waals surface area (Å²) in [6.45, 7) is 4.59. The van der Waals surface area contributed by atoms with Gasteiger partial charge in [-0.05, 0) is 6.42 Å². The SMILES string of the molecule is CCc1ncc(CNCCN)s1. The van der Waals surface area contributed by atoms with E-state index in [1.54, 1.807) is 11.3 Å². The molecule has 4 heteroatoms. The van der Waals surface area contributed by atoms with Gasteiger partial charge < -0.3 is 11.1 Å². The normalized spacial score (nSPS) is 10.5. The van der Waals surface area contributed by atoms with E-state index in [9.17, 15) is 0 Å². The average Bonchev–Trinajstić information content (AvgIpc) is 2.53. The molecule has 0 saturated carbocycles. The van der Waals surface area contributed by atoms with Gasteiger partial charge in [0.05, 0.1) is 5.01 Å². The summed E-state index contributed by atoms with van der Waals surface area (Å²) in [4.78, 5) is 5.55. The quantitative estimate of drug-likeness (QED) is 0.666. The van der Waals surface area contributed by atoms with Crippen LogP contribution >= 0.6 is 11.3 Å². The molecule has 68 valence electrons. The molecule has 3 N–H and O–H groups in total. The number of nitrogens with zero attached hydrogens (tertiary/aromatic N) is 1. The molecule has 0 aliphatic rings. The maximum atomic E-state index is 5.35. The van der Waals surface area contributed by atoms with Gasteiger partial charge in [0.1, 0.15) is 0 Å². The highest BCUT2D eigenvalue weighted by molar-refractivity contribution is 7.11. The molecule has 0 saturated heterocycles. The number of thiazole rings is 1. The van der Waals surface area contributed by atoms with E-state index in [0.29, 0.717) is 6.54 Å². The van der Waals surface area contributed by atoms with E-state index < -0.39 is 0 Å². The van der Waals surface area contributed by atoms with Crippen LogP contribution in [0.15, 0.2) is 6.20 Å². The van der Waals surface area contributed by atoms with E-state index >= 15 is 0 Å². The van der Waals surface area contributed by atoms with Gasteiger partial charge in [-0.3, -0.25) is 0 Å². The van der Waals surface area contributed by atoms with E-state index in [4.69, 9.17) is 5.73 Å². The fraction of sp³-hybridized carbons (Fsp3) is 0.625. The van der Waals surface area contributed by atoms with Gasteiger partial charge in [0, 0.05) is 30.7 Å². The predicted molar refractivity (Wildman–Crippen MR) is 52.3 cm³/mol. The second-order valence-corrected chi connectivity index (χ2v) is 3.74. The highest BCUT2D eigenvalue weighted by Gasteiger charge is 1.98. The molecule has 1 aromatic heterocycles. The highest BCUT2D eigenvalue weighted by atomic mass is 32.1. The van der Waals surface area contributed by atoms with Gasteiger partial charge in [-0.2, -0.15) is 0 Å². The molecule has 12 heavy (non-hydrogen) atoms. The van der Waals surface area contributed by atoms with Crippen LogP contribution in [0.2, 0.25) is 0 Å². The largest absolute Gasteiger partial charge is 0.329 e. The fourth-order valence-corrected chi connectivity index (χ4v) is 1.74. The summed E-state index contributed by atoms with van der Waals surface area (Å²) < 4.78 is 0. The predicted octanol–water partition coefficient (Wildman–Crippen LogP) is 0.754. The van der Waals surface area contributed by atoms with Crippen molar-refractivity contribution in [1.29, 1.82) is 0 Å². The lowest BCUT2D eigenvalue weighted by molar-refractivity contribution is 0.701. The Hall–Kier alpha value is -0.450. The van der Waals surface area contributed by atoms with Crippen molar-refractivity contribution in [3.63, 3.8) is 0 Å². The smallest absolute Gasteiger partial charge is 0.0925 e. The topological polar surface area (TPSA) is 50.9 Å². The molecule has 1 heterocycles. The second kappa shape index (κ2) is 5.24. The molecule has 0 aliphatic heterocycles. The van der Waals surface area contributed by atoms with Gasteiger partial charge in [0.15, 0.2) is 0 Å². The van der Waals surface area contributed by atoms with Gasteiger partial charge in [-0.15, -0.1) is 11.3 Å². The first kappa shape index (κ1) is 9.64. The second-order valence-electron chi connectivity index (χ2n) is 2.54. The number of rotatable bonds is 5. The molecule has 0 radical (unpaired) electrons. The fourth-order valence-electron chi connectivity index (χ4n) is 0.907. The van der Waals surface area contributed by atoms with Crippen molar-refractivity contribution in [1.82, 2.24) is 10.3 Å². The monoisotopic (exact) mass is 185 g/mol. The number of nitrogens with one attached hydrogen (secondary N) is 1. The van der Waals surface area contributed by atoms with Crippen molar-refractivity contribution in [3.8, 4) is 0 Å². The summed E-state index contributed by atoms with van der Waals surface area (Å²) in [6, 6.07) is 0. The molecule has 0 spiro atoms. The molecule has 3 nitrogen and oxygen atoms in total. The van der Waals surface area contributed by atoms with Crippen molar-refractivity contribution >= 4 is 11.3 Å². The van der Waals surface area contributed by atoms with Crippen molar-refractivity contribution in [2.24, 2.45) is 5.73 Å². The number of hydrogen-bond acceptors (Lipinski definition) is 4. The Morgan fingerprint density at radius 3 is 3.08 bits per heavy atom. The first-order chi connectivity index (χ1) is 5.86. The van der Waals surface area contributed by atoms with Gasteiger partial charge in [0.25, 0.3) is 0 Å². The van der Waals surface area contributed by atoms with E-state index in [1.165, 1.54) is 9.88 Å². The zero-order chi connectivity index (χ0) is 8.81. The Kier molecular flexibility index (Phi) is 4.21. The molecular formula is C8H15N3S. The third kappa shape index (κ3) is 2.89. The van der Waals surface area contributed by atoms with Gasteiger partial charge in [-0.25, -0.2) is 4.98 Å². The Bertz CT molecular complexity index is 222. The number of hydrogen-bond donors (Lipinski definition) is 2. The van der Waals surface area contributed by atoms with Crippen LogP contribution in [-0.2, 0) is 13.0 Å². The zero-order valence-corrected chi connectivity index (χ0v) is 8.16. The maximum Gasteiger partial charge on any atom is 0.0925 e. The first-order valence-corrected chi connectivity index (χ1v) is 5.02. The highest BCUT2D eigenvalue weighted by Crippen LogP contribution is 2.12. The average molecular weight is 185 g/mol. The lowest BCUT2D eigenvalue weighted by Crippen LogP contribution is -2.21.